The van der Waals surface area contributed by atoms with Crippen molar-refractivity contribution in [2.45, 2.75) is 19.6 Å². The largest absolute Gasteiger partial charge is 0.416 e. The predicted octanol–water partition coefficient (Wildman–Crippen LogP) is 4.29. The van der Waals surface area contributed by atoms with Crippen molar-refractivity contribution in [1.29, 1.82) is 0 Å². The highest BCUT2D eigenvalue weighted by atomic mass is 35.5. The zero-order valence-electron chi connectivity index (χ0n) is 12.6. The molecule has 9 heteroatoms. The van der Waals surface area contributed by atoms with E-state index in [9.17, 15) is 13.2 Å². The number of halogens is 5. The Kier molecular flexibility index (Phi) is 6.45. The van der Waals surface area contributed by atoms with E-state index in [1.54, 1.807) is 23.3 Å². The van der Waals surface area contributed by atoms with E-state index in [4.69, 9.17) is 0 Å². The molecule has 0 spiro atoms. The van der Waals surface area contributed by atoms with Gasteiger partial charge >= 0.3 is 6.18 Å². The molecule has 0 N–H and O–H groups in total. The van der Waals surface area contributed by atoms with Gasteiger partial charge in [-0.25, -0.2) is 9.97 Å². The molecule has 0 saturated carbocycles. The Balaban J connectivity index is 0.00000144. The molecular weight excluding hydrogens is 364 g/mol. The fourth-order valence-electron chi connectivity index (χ4n) is 2.15. The van der Waals surface area contributed by atoms with Crippen LogP contribution < -0.4 is 0 Å². The second-order valence-electron chi connectivity index (χ2n) is 4.92. The number of hydrogen-bond acceptors (Lipinski definition) is 2. The molecule has 0 aliphatic heterocycles. The van der Waals surface area contributed by atoms with E-state index in [-0.39, 0.29) is 24.8 Å². The first kappa shape index (κ1) is 20.1. The van der Waals surface area contributed by atoms with Gasteiger partial charge in [-0.05, 0) is 31.2 Å². The number of imidazole rings is 2. The standard InChI is InChI=1S/C15H13F3N4.2ClH/c1-11-19-6-7-21(11)8-13-9-22(10-20-13)14-4-2-12(3-5-14)15(16,17)18;;/h2-7,9-10H,8H2,1H3;2*1H. The fraction of sp³-hybridized carbons (Fsp3) is 0.200. The van der Waals surface area contributed by atoms with Gasteiger partial charge in [0.15, 0.2) is 0 Å². The third-order valence-corrected chi connectivity index (χ3v) is 3.38. The Bertz CT molecular complexity index is 779. The van der Waals surface area contributed by atoms with Gasteiger partial charge in [0, 0.05) is 24.3 Å². The molecule has 3 aromatic rings. The molecule has 0 radical (unpaired) electrons. The summed E-state index contributed by atoms with van der Waals surface area (Å²) < 4.78 is 41.3. The summed E-state index contributed by atoms with van der Waals surface area (Å²) in [4.78, 5) is 8.40. The van der Waals surface area contributed by atoms with Crippen LogP contribution in [0.3, 0.4) is 0 Å². The molecule has 0 atom stereocenters. The highest BCUT2D eigenvalue weighted by Gasteiger charge is 2.29. The Morgan fingerprint density at radius 1 is 1.04 bits per heavy atom. The lowest BCUT2D eigenvalue weighted by Gasteiger charge is -2.07. The summed E-state index contributed by atoms with van der Waals surface area (Å²) in [5.74, 6) is 0.879. The molecule has 2 heterocycles. The minimum Gasteiger partial charge on any atom is -0.329 e. The van der Waals surface area contributed by atoms with Crippen LogP contribution >= 0.6 is 24.8 Å². The van der Waals surface area contributed by atoms with Crippen molar-refractivity contribution in [3.63, 3.8) is 0 Å². The SMILES string of the molecule is Cc1nccn1Cc1cn(-c2ccc(C(F)(F)F)cc2)cn1.Cl.Cl. The second-order valence-corrected chi connectivity index (χ2v) is 4.92. The van der Waals surface area contributed by atoms with Crippen LogP contribution in [0.5, 0.6) is 0 Å². The Morgan fingerprint density at radius 2 is 1.71 bits per heavy atom. The number of aromatic nitrogens is 4. The molecule has 0 aliphatic rings. The van der Waals surface area contributed by atoms with Gasteiger partial charge in [-0.15, -0.1) is 24.8 Å². The number of hydrogen-bond donors (Lipinski definition) is 0. The molecule has 0 amide bonds. The zero-order valence-corrected chi connectivity index (χ0v) is 14.2. The lowest BCUT2D eigenvalue weighted by molar-refractivity contribution is -0.137. The highest BCUT2D eigenvalue weighted by Crippen LogP contribution is 2.29. The minimum atomic E-state index is -4.32. The Morgan fingerprint density at radius 3 is 2.25 bits per heavy atom. The maximum atomic E-state index is 12.5. The van der Waals surface area contributed by atoms with Gasteiger partial charge in [0.2, 0.25) is 0 Å². The van der Waals surface area contributed by atoms with E-state index < -0.39 is 11.7 Å². The molecule has 0 fully saturated rings. The minimum absolute atomic E-state index is 0. The maximum Gasteiger partial charge on any atom is 0.416 e. The first-order valence-electron chi connectivity index (χ1n) is 6.62. The van der Waals surface area contributed by atoms with Crippen molar-refractivity contribution in [2.24, 2.45) is 0 Å². The monoisotopic (exact) mass is 378 g/mol. The van der Waals surface area contributed by atoms with Crippen molar-refractivity contribution in [3.05, 3.63) is 66.3 Å². The lowest BCUT2D eigenvalue weighted by Crippen LogP contribution is -2.04. The summed E-state index contributed by atoms with van der Waals surface area (Å²) in [6.07, 6.45) is 2.62. The van der Waals surface area contributed by atoms with Gasteiger partial charge < -0.3 is 9.13 Å². The van der Waals surface area contributed by atoms with Gasteiger partial charge in [-0.1, -0.05) is 0 Å². The molecular formula is C15H15Cl2F3N4. The average molecular weight is 379 g/mol. The lowest BCUT2D eigenvalue weighted by atomic mass is 10.2. The number of aryl methyl sites for hydroxylation is 1. The predicted molar refractivity (Wildman–Crippen MR) is 89.1 cm³/mol. The molecule has 0 aliphatic carbocycles. The highest BCUT2D eigenvalue weighted by molar-refractivity contribution is 5.85. The van der Waals surface area contributed by atoms with E-state index in [1.807, 2.05) is 17.7 Å². The van der Waals surface area contributed by atoms with E-state index in [1.165, 1.54) is 12.1 Å². The smallest absolute Gasteiger partial charge is 0.329 e. The first-order valence-corrected chi connectivity index (χ1v) is 6.62. The van der Waals surface area contributed by atoms with Crippen molar-refractivity contribution in [1.82, 2.24) is 19.1 Å². The summed E-state index contributed by atoms with van der Waals surface area (Å²) >= 11 is 0. The van der Waals surface area contributed by atoms with E-state index >= 15 is 0 Å². The van der Waals surface area contributed by atoms with Gasteiger partial charge in [0.25, 0.3) is 0 Å². The summed E-state index contributed by atoms with van der Waals surface area (Å²) in [7, 11) is 0. The van der Waals surface area contributed by atoms with Crippen LogP contribution in [0.25, 0.3) is 5.69 Å². The van der Waals surface area contributed by atoms with Crippen molar-refractivity contribution in [3.8, 4) is 5.69 Å². The molecule has 1 aromatic carbocycles. The van der Waals surface area contributed by atoms with Crippen molar-refractivity contribution in [2.75, 3.05) is 0 Å². The van der Waals surface area contributed by atoms with Crippen LogP contribution in [-0.4, -0.2) is 19.1 Å². The molecule has 3 rings (SSSR count). The van der Waals surface area contributed by atoms with Crippen LogP contribution in [0.4, 0.5) is 13.2 Å². The first-order chi connectivity index (χ1) is 10.4. The fourth-order valence-corrected chi connectivity index (χ4v) is 2.15. The summed E-state index contributed by atoms with van der Waals surface area (Å²) in [6.45, 7) is 2.46. The van der Waals surface area contributed by atoms with Crippen molar-refractivity contribution >= 4 is 24.8 Å². The number of benzene rings is 1. The molecule has 130 valence electrons. The molecule has 24 heavy (non-hydrogen) atoms. The number of alkyl halides is 3. The van der Waals surface area contributed by atoms with Gasteiger partial charge in [0.05, 0.1) is 24.1 Å². The van der Waals surface area contributed by atoms with Crippen LogP contribution in [0.2, 0.25) is 0 Å². The van der Waals surface area contributed by atoms with Crippen LogP contribution in [0.15, 0.2) is 49.2 Å². The summed E-state index contributed by atoms with van der Waals surface area (Å²) in [6, 6.07) is 4.98. The third kappa shape index (κ3) is 4.30. The number of nitrogens with zero attached hydrogens (tertiary/aromatic N) is 4. The van der Waals surface area contributed by atoms with E-state index in [2.05, 4.69) is 9.97 Å². The summed E-state index contributed by atoms with van der Waals surface area (Å²) in [5, 5.41) is 0. The summed E-state index contributed by atoms with van der Waals surface area (Å²) in [5.41, 5.74) is 0.778. The molecule has 0 unspecified atom stereocenters. The van der Waals surface area contributed by atoms with Gasteiger partial charge in [0.1, 0.15) is 5.82 Å². The van der Waals surface area contributed by atoms with Gasteiger partial charge in [-0.2, -0.15) is 13.2 Å². The van der Waals surface area contributed by atoms with Crippen molar-refractivity contribution < 1.29 is 13.2 Å². The molecule has 0 saturated heterocycles. The average Bonchev–Trinajstić information content (AvgIpc) is 3.09. The Labute approximate surface area is 149 Å². The normalized spacial score (nSPS) is 10.8. The maximum absolute atomic E-state index is 12.5. The second kappa shape index (κ2) is 7.72. The van der Waals surface area contributed by atoms with Gasteiger partial charge in [-0.3, -0.25) is 0 Å². The zero-order chi connectivity index (χ0) is 15.7. The molecule has 0 bridgehead atoms. The number of rotatable bonds is 3. The quantitative estimate of drug-likeness (QED) is 0.681. The Hall–Kier alpha value is -1.99. The molecule has 2 aromatic heterocycles. The van der Waals surface area contributed by atoms with E-state index in [0.717, 1.165) is 23.7 Å². The third-order valence-electron chi connectivity index (χ3n) is 3.38. The van der Waals surface area contributed by atoms with Crippen LogP contribution in [0, 0.1) is 6.92 Å². The molecule has 4 nitrogen and oxygen atoms in total. The van der Waals surface area contributed by atoms with E-state index in [0.29, 0.717) is 12.2 Å². The van der Waals surface area contributed by atoms with Crippen LogP contribution in [-0.2, 0) is 12.7 Å². The van der Waals surface area contributed by atoms with Crippen LogP contribution in [0.1, 0.15) is 17.1 Å². The topological polar surface area (TPSA) is 35.6 Å².